The molecule has 3 rings (SSSR count). The van der Waals surface area contributed by atoms with E-state index in [1.54, 1.807) is 0 Å². The van der Waals surface area contributed by atoms with E-state index in [9.17, 15) is 4.91 Å². The molecule has 0 aromatic heterocycles. The van der Waals surface area contributed by atoms with Gasteiger partial charge < -0.3 is 0 Å². The number of fused-ring (bicyclic) bond motifs is 1. The van der Waals surface area contributed by atoms with Crippen molar-refractivity contribution in [3.8, 4) is 11.1 Å². The molecule has 1 aliphatic carbocycles. The number of hydrogen-bond donors (Lipinski definition) is 0. The van der Waals surface area contributed by atoms with Crippen LogP contribution in [0.1, 0.15) is 43.0 Å². The summed E-state index contributed by atoms with van der Waals surface area (Å²) in [5.74, 6) is 0. The molecule has 102 valence electrons. The molecule has 0 fully saturated rings. The van der Waals surface area contributed by atoms with Gasteiger partial charge in [-0.2, -0.15) is 4.91 Å². The molecule has 2 aromatic carbocycles. The zero-order valence-electron chi connectivity index (χ0n) is 12.2. The molecule has 2 heteroatoms. The van der Waals surface area contributed by atoms with Crippen LogP contribution in [0.25, 0.3) is 11.1 Å². The zero-order valence-corrected chi connectivity index (χ0v) is 12.2. The van der Waals surface area contributed by atoms with E-state index in [0.29, 0.717) is 0 Å². The maximum absolute atomic E-state index is 11.0. The number of hydrogen-bond acceptors (Lipinski definition) is 2. The first-order valence-corrected chi connectivity index (χ1v) is 7.05. The molecule has 0 saturated heterocycles. The van der Waals surface area contributed by atoms with E-state index in [0.717, 1.165) is 12.0 Å². The van der Waals surface area contributed by atoms with Gasteiger partial charge in [-0.25, -0.2) is 0 Å². The number of rotatable bonds is 2. The molecule has 0 amide bonds. The highest BCUT2D eigenvalue weighted by Crippen LogP contribution is 2.47. The smallest absolute Gasteiger partial charge is 0.118 e. The van der Waals surface area contributed by atoms with Crippen molar-refractivity contribution in [2.45, 2.75) is 38.6 Å². The van der Waals surface area contributed by atoms with Gasteiger partial charge in [0.15, 0.2) is 0 Å². The van der Waals surface area contributed by atoms with Gasteiger partial charge in [-0.3, -0.25) is 0 Å². The SMILES string of the molecule is Cc1cccc(-c2ccc3c(c2)C(C)(C)CC3N=O)c1. The number of nitrogens with zero attached hydrogens (tertiary/aromatic N) is 1. The molecule has 2 aromatic rings. The molecule has 2 nitrogen and oxygen atoms in total. The molecule has 1 aliphatic rings. The lowest BCUT2D eigenvalue weighted by atomic mass is 9.85. The van der Waals surface area contributed by atoms with Crippen LogP contribution < -0.4 is 0 Å². The number of benzene rings is 2. The van der Waals surface area contributed by atoms with Crippen molar-refractivity contribution in [1.29, 1.82) is 0 Å². The summed E-state index contributed by atoms with van der Waals surface area (Å²) in [6.45, 7) is 6.49. The van der Waals surface area contributed by atoms with E-state index in [4.69, 9.17) is 0 Å². The van der Waals surface area contributed by atoms with E-state index in [1.807, 2.05) is 0 Å². The molecule has 1 atom stereocenters. The molecular formula is C18H19NO. The molecule has 0 radical (unpaired) electrons. The fourth-order valence-electron chi connectivity index (χ4n) is 3.23. The summed E-state index contributed by atoms with van der Waals surface area (Å²) in [7, 11) is 0. The Morgan fingerprint density at radius 1 is 1.10 bits per heavy atom. The van der Waals surface area contributed by atoms with Crippen LogP contribution in [0.2, 0.25) is 0 Å². The molecule has 0 heterocycles. The lowest BCUT2D eigenvalue weighted by Gasteiger charge is -2.19. The fraction of sp³-hybridized carbons (Fsp3) is 0.333. The average Bonchev–Trinajstić information content (AvgIpc) is 2.70. The van der Waals surface area contributed by atoms with Gasteiger partial charge in [0.1, 0.15) is 6.04 Å². The lowest BCUT2D eigenvalue weighted by molar-refractivity contribution is 0.481. The maximum atomic E-state index is 11.0. The highest BCUT2D eigenvalue weighted by atomic mass is 16.3. The van der Waals surface area contributed by atoms with E-state index in [2.05, 4.69) is 68.4 Å². The van der Waals surface area contributed by atoms with Crippen LogP contribution in [0.15, 0.2) is 47.6 Å². The van der Waals surface area contributed by atoms with Crippen LogP contribution in [0.3, 0.4) is 0 Å². The van der Waals surface area contributed by atoms with Gasteiger partial charge in [0.2, 0.25) is 0 Å². The highest BCUT2D eigenvalue weighted by Gasteiger charge is 2.37. The van der Waals surface area contributed by atoms with Crippen molar-refractivity contribution in [2.75, 3.05) is 0 Å². The van der Waals surface area contributed by atoms with Crippen molar-refractivity contribution in [1.82, 2.24) is 0 Å². The van der Waals surface area contributed by atoms with E-state index < -0.39 is 0 Å². The summed E-state index contributed by atoms with van der Waals surface area (Å²) in [6.07, 6.45) is 0.809. The Balaban J connectivity index is 2.12. The predicted molar refractivity (Wildman–Crippen MR) is 82.8 cm³/mol. The van der Waals surface area contributed by atoms with Crippen LogP contribution in [-0.2, 0) is 5.41 Å². The molecule has 0 saturated carbocycles. The molecule has 20 heavy (non-hydrogen) atoms. The molecule has 0 aliphatic heterocycles. The van der Waals surface area contributed by atoms with Gasteiger partial charge in [0, 0.05) is 0 Å². The van der Waals surface area contributed by atoms with E-state index in [-0.39, 0.29) is 11.5 Å². The Bertz CT molecular complexity index is 673. The van der Waals surface area contributed by atoms with Gasteiger partial charge in [0.05, 0.1) is 0 Å². The second-order valence-corrected chi connectivity index (χ2v) is 6.38. The first kappa shape index (κ1) is 13.0. The largest absolute Gasteiger partial charge is 0.150 e. The van der Waals surface area contributed by atoms with Gasteiger partial charge in [0.25, 0.3) is 0 Å². The summed E-state index contributed by atoms with van der Waals surface area (Å²) < 4.78 is 0. The third-order valence-corrected chi connectivity index (χ3v) is 4.32. The number of nitroso groups, excluding NO2 is 1. The summed E-state index contributed by atoms with van der Waals surface area (Å²) in [4.78, 5) is 11.0. The molecular weight excluding hydrogens is 246 g/mol. The minimum absolute atomic E-state index is 0.0216. The minimum atomic E-state index is -0.188. The molecule has 0 spiro atoms. The number of aryl methyl sites for hydroxylation is 1. The van der Waals surface area contributed by atoms with Crippen molar-refractivity contribution in [3.05, 3.63) is 64.1 Å². The monoisotopic (exact) mass is 265 g/mol. The van der Waals surface area contributed by atoms with Crippen molar-refractivity contribution in [3.63, 3.8) is 0 Å². The first-order valence-electron chi connectivity index (χ1n) is 7.05. The first-order chi connectivity index (χ1) is 9.51. The predicted octanol–water partition coefficient (Wildman–Crippen LogP) is 5.15. The van der Waals surface area contributed by atoms with E-state index >= 15 is 0 Å². The standard InChI is InChI=1S/C18H19NO/c1-12-5-4-6-13(9-12)14-7-8-15-16(10-14)18(2,3)11-17(15)19-20/h4-10,17H,11H2,1-3H3. The third-order valence-electron chi connectivity index (χ3n) is 4.32. The summed E-state index contributed by atoms with van der Waals surface area (Å²) >= 11 is 0. The molecule has 0 bridgehead atoms. The zero-order chi connectivity index (χ0) is 14.3. The molecule has 0 N–H and O–H groups in total. The maximum Gasteiger partial charge on any atom is 0.118 e. The Hall–Kier alpha value is -1.96. The van der Waals surface area contributed by atoms with Crippen LogP contribution in [0, 0.1) is 11.8 Å². The molecule has 1 unspecified atom stereocenters. The second-order valence-electron chi connectivity index (χ2n) is 6.38. The van der Waals surface area contributed by atoms with Crippen LogP contribution in [-0.4, -0.2) is 0 Å². The van der Waals surface area contributed by atoms with Gasteiger partial charge in [-0.1, -0.05) is 67.1 Å². The van der Waals surface area contributed by atoms with Crippen molar-refractivity contribution < 1.29 is 0 Å². The van der Waals surface area contributed by atoms with Crippen molar-refractivity contribution >= 4 is 0 Å². The van der Waals surface area contributed by atoms with Gasteiger partial charge in [-0.05, 0) is 41.0 Å². The fourth-order valence-corrected chi connectivity index (χ4v) is 3.23. The topological polar surface area (TPSA) is 29.4 Å². The Kier molecular flexibility index (Phi) is 2.97. The van der Waals surface area contributed by atoms with Crippen LogP contribution in [0.5, 0.6) is 0 Å². The Morgan fingerprint density at radius 2 is 1.85 bits per heavy atom. The normalized spacial score (nSPS) is 19.6. The quantitative estimate of drug-likeness (QED) is 0.690. The van der Waals surface area contributed by atoms with Crippen molar-refractivity contribution in [2.24, 2.45) is 5.18 Å². The van der Waals surface area contributed by atoms with Crippen LogP contribution in [0.4, 0.5) is 0 Å². The van der Waals surface area contributed by atoms with Gasteiger partial charge in [-0.15, -0.1) is 0 Å². The summed E-state index contributed by atoms with van der Waals surface area (Å²) in [6, 6.07) is 14.7. The van der Waals surface area contributed by atoms with Crippen LogP contribution >= 0.6 is 0 Å². The highest BCUT2D eigenvalue weighted by molar-refractivity contribution is 5.67. The average molecular weight is 265 g/mol. The summed E-state index contributed by atoms with van der Waals surface area (Å²) in [5, 5.41) is 3.29. The van der Waals surface area contributed by atoms with E-state index in [1.165, 1.54) is 22.3 Å². The Labute approximate surface area is 119 Å². The lowest BCUT2D eigenvalue weighted by Crippen LogP contribution is -2.12. The Morgan fingerprint density at radius 3 is 2.55 bits per heavy atom. The summed E-state index contributed by atoms with van der Waals surface area (Å²) in [5.41, 5.74) is 6.09. The minimum Gasteiger partial charge on any atom is -0.150 e. The van der Waals surface area contributed by atoms with Gasteiger partial charge >= 0.3 is 0 Å². The second kappa shape index (κ2) is 4.55. The third kappa shape index (κ3) is 2.05.